The molecule has 1 aliphatic rings. The number of benzene rings is 2. The van der Waals surface area contributed by atoms with Gasteiger partial charge in [0.1, 0.15) is 6.04 Å². The van der Waals surface area contributed by atoms with Crippen molar-refractivity contribution in [2.75, 3.05) is 13.2 Å². The molecule has 1 aliphatic heterocycles. The van der Waals surface area contributed by atoms with Gasteiger partial charge < -0.3 is 20.3 Å². The van der Waals surface area contributed by atoms with Crippen LogP contribution in [0, 0.1) is 0 Å². The maximum atomic E-state index is 13.0. The van der Waals surface area contributed by atoms with Crippen molar-refractivity contribution in [2.45, 2.75) is 31.8 Å². The van der Waals surface area contributed by atoms with E-state index in [-0.39, 0.29) is 11.8 Å². The molecule has 2 aromatic carbocycles. The molecule has 6 nitrogen and oxygen atoms in total. The van der Waals surface area contributed by atoms with E-state index in [0.717, 1.165) is 23.2 Å². The summed E-state index contributed by atoms with van der Waals surface area (Å²) in [6.07, 6.45) is 0.748. The Morgan fingerprint density at radius 1 is 1.14 bits per heavy atom. The molecule has 0 saturated heterocycles. The van der Waals surface area contributed by atoms with Crippen LogP contribution in [-0.2, 0) is 22.6 Å². The summed E-state index contributed by atoms with van der Waals surface area (Å²) in [5.74, 6) is -0.933. The molecule has 4 rings (SSSR count). The van der Waals surface area contributed by atoms with Crippen LogP contribution in [0.25, 0.3) is 10.9 Å². The summed E-state index contributed by atoms with van der Waals surface area (Å²) in [5, 5.41) is 13.7. The molecule has 1 aromatic heterocycles. The Morgan fingerprint density at radius 3 is 2.62 bits per heavy atom. The van der Waals surface area contributed by atoms with Crippen LogP contribution in [0.15, 0.2) is 54.6 Å². The number of nitrogens with one attached hydrogen (secondary N) is 2. The van der Waals surface area contributed by atoms with Crippen molar-refractivity contribution in [1.82, 2.24) is 15.2 Å². The highest BCUT2D eigenvalue weighted by molar-refractivity contribution is 5.91. The number of amides is 2. The highest BCUT2D eigenvalue weighted by Gasteiger charge is 2.30. The van der Waals surface area contributed by atoms with Gasteiger partial charge in [-0.1, -0.05) is 48.5 Å². The van der Waals surface area contributed by atoms with Crippen molar-refractivity contribution in [3.05, 3.63) is 71.4 Å². The van der Waals surface area contributed by atoms with Crippen molar-refractivity contribution in [2.24, 2.45) is 0 Å². The van der Waals surface area contributed by atoms with Crippen molar-refractivity contribution >= 4 is 22.7 Å². The van der Waals surface area contributed by atoms with Crippen LogP contribution < -0.4 is 5.32 Å². The zero-order valence-corrected chi connectivity index (χ0v) is 16.4. The molecule has 0 spiro atoms. The van der Waals surface area contributed by atoms with Crippen LogP contribution in [0.2, 0.25) is 0 Å². The van der Waals surface area contributed by atoms with Crippen LogP contribution in [0.4, 0.5) is 0 Å². The smallest absolute Gasteiger partial charge is 0.247 e. The number of nitrogens with zero attached hydrogens (tertiary/aromatic N) is 1. The molecule has 0 bridgehead atoms. The summed E-state index contributed by atoms with van der Waals surface area (Å²) in [5.41, 5.74) is 4.20. The van der Waals surface area contributed by atoms with Gasteiger partial charge in [0.15, 0.2) is 0 Å². The van der Waals surface area contributed by atoms with Gasteiger partial charge in [0.25, 0.3) is 0 Å². The Labute approximate surface area is 169 Å². The Balaban J connectivity index is 1.45. The van der Waals surface area contributed by atoms with Gasteiger partial charge in [-0.15, -0.1) is 0 Å². The van der Waals surface area contributed by atoms with Crippen molar-refractivity contribution in [3.8, 4) is 0 Å². The summed E-state index contributed by atoms with van der Waals surface area (Å²) in [6.45, 7) is 2.38. The third kappa shape index (κ3) is 3.76. The number of aromatic nitrogens is 1. The van der Waals surface area contributed by atoms with Gasteiger partial charge in [-0.25, -0.2) is 0 Å². The van der Waals surface area contributed by atoms with Crippen LogP contribution in [0.3, 0.4) is 0 Å². The largest absolute Gasteiger partial charge is 0.394 e. The standard InChI is InChI=1S/C23H25N3O3/c1-15(16-7-3-2-4-8-16)22(28)25-21(14-27)23(29)26-12-11-18-17-9-5-6-10-19(17)24-20(18)13-26/h2-10,15,21,24,27H,11-14H2,1H3,(H,25,28)/t15?,21-/m0/s1. The fourth-order valence-electron chi connectivity index (χ4n) is 3.98. The average Bonchev–Trinajstić information content (AvgIpc) is 3.14. The van der Waals surface area contributed by atoms with Gasteiger partial charge in [0.2, 0.25) is 11.8 Å². The van der Waals surface area contributed by atoms with E-state index >= 15 is 0 Å². The normalized spacial score (nSPS) is 15.6. The van der Waals surface area contributed by atoms with E-state index in [1.807, 2.05) is 48.5 Å². The number of carbonyl (C=O) groups is 2. The molecular formula is C23H25N3O3. The van der Waals surface area contributed by atoms with Crippen molar-refractivity contribution in [3.63, 3.8) is 0 Å². The lowest BCUT2D eigenvalue weighted by Crippen LogP contribution is -2.52. The lowest BCUT2D eigenvalue weighted by Gasteiger charge is -2.30. The Kier molecular flexibility index (Phi) is 5.36. The van der Waals surface area contributed by atoms with Gasteiger partial charge in [0, 0.05) is 23.1 Å². The summed E-state index contributed by atoms with van der Waals surface area (Å²) >= 11 is 0. The number of fused-ring (bicyclic) bond motifs is 3. The van der Waals surface area contributed by atoms with Crippen LogP contribution >= 0.6 is 0 Å². The maximum Gasteiger partial charge on any atom is 0.247 e. The molecule has 0 fully saturated rings. The average molecular weight is 391 g/mol. The molecule has 2 heterocycles. The number of hydrogen-bond donors (Lipinski definition) is 3. The minimum absolute atomic E-state index is 0.259. The zero-order chi connectivity index (χ0) is 20.4. The molecule has 6 heteroatoms. The molecule has 2 atom stereocenters. The first-order valence-electron chi connectivity index (χ1n) is 9.92. The predicted octanol–water partition coefficient (Wildman–Crippen LogP) is 2.33. The highest BCUT2D eigenvalue weighted by Crippen LogP contribution is 2.27. The third-order valence-electron chi connectivity index (χ3n) is 5.68. The second-order valence-corrected chi connectivity index (χ2v) is 7.51. The van der Waals surface area contributed by atoms with Crippen molar-refractivity contribution in [1.29, 1.82) is 0 Å². The number of para-hydroxylation sites is 1. The van der Waals surface area contributed by atoms with Gasteiger partial charge in [-0.3, -0.25) is 9.59 Å². The Morgan fingerprint density at radius 2 is 1.86 bits per heavy atom. The van der Waals surface area contributed by atoms with E-state index in [1.165, 1.54) is 10.9 Å². The first-order valence-corrected chi connectivity index (χ1v) is 9.92. The topological polar surface area (TPSA) is 85.4 Å². The molecule has 1 unspecified atom stereocenters. The summed E-state index contributed by atoms with van der Waals surface area (Å²) in [4.78, 5) is 30.7. The number of hydrogen-bond acceptors (Lipinski definition) is 3. The number of aliphatic hydroxyl groups is 1. The van der Waals surface area contributed by atoms with Gasteiger partial charge in [-0.2, -0.15) is 0 Å². The van der Waals surface area contributed by atoms with Gasteiger partial charge in [0.05, 0.1) is 19.1 Å². The summed E-state index contributed by atoms with van der Waals surface area (Å²) in [6, 6.07) is 16.6. The maximum absolute atomic E-state index is 13.0. The minimum atomic E-state index is -0.945. The van der Waals surface area contributed by atoms with E-state index < -0.39 is 18.6 Å². The van der Waals surface area contributed by atoms with E-state index in [9.17, 15) is 14.7 Å². The molecule has 0 radical (unpaired) electrons. The number of aromatic amines is 1. The summed E-state index contributed by atoms with van der Waals surface area (Å²) < 4.78 is 0. The summed E-state index contributed by atoms with van der Waals surface area (Å²) in [7, 11) is 0. The highest BCUT2D eigenvalue weighted by atomic mass is 16.3. The molecule has 0 saturated carbocycles. The molecule has 29 heavy (non-hydrogen) atoms. The molecule has 3 N–H and O–H groups in total. The molecule has 2 amide bonds. The second-order valence-electron chi connectivity index (χ2n) is 7.51. The zero-order valence-electron chi connectivity index (χ0n) is 16.4. The SMILES string of the molecule is CC(C(=O)N[C@@H](CO)C(=O)N1CCc2c([nH]c3ccccc23)C1)c1ccccc1. The van der Waals surface area contributed by atoms with Crippen molar-refractivity contribution < 1.29 is 14.7 Å². The molecular weight excluding hydrogens is 366 g/mol. The Bertz CT molecular complexity index is 1030. The fourth-order valence-corrected chi connectivity index (χ4v) is 3.98. The fraction of sp³-hybridized carbons (Fsp3) is 0.304. The van der Waals surface area contributed by atoms with Crippen LogP contribution in [0.1, 0.15) is 29.7 Å². The number of carbonyl (C=O) groups excluding carboxylic acids is 2. The number of rotatable bonds is 5. The number of H-pyrrole nitrogens is 1. The minimum Gasteiger partial charge on any atom is -0.394 e. The monoisotopic (exact) mass is 391 g/mol. The van der Waals surface area contributed by atoms with Gasteiger partial charge in [-0.05, 0) is 30.5 Å². The van der Waals surface area contributed by atoms with Crippen LogP contribution in [-0.4, -0.2) is 46.0 Å². The molecule has 150 valence electrons. The van der Waals surface area contributed by atoms with E-state index in [2.05, 4.69) is 16.4 Å². The predicted molar refractivity (Wildman–Crippen MR) is 111 cm³/mol. The Hall–Kier alpha value is -3.12. The lowest BCUT2D eigenvalue weighted by atomic mass is 10.00. The van der Waals surface area contributed by atoms with E-state index in [1.54, 1.807) is 11.8 Å². The quantitative estimate of drug-likeness (QED) is 0.624. The van der Waals surface area contributed by atoms with E-state index in [0.29, 0.717) is 13.1 Å². The van der Waals surface area contributed by atoms with E-state index in [4.69, 9.17) is 0 Å². The first kappa shape index (κ1) is 19.2. The molecule has 3 aromatic rings. The van der Waals surface area contributed by atoms with Crippen LogP contribution in [0.5, 0.6) is 0 Å². The first-order chi connectivity index (χ1) is 14.1. The molecule has 0 aliphatic carbocycles. The van der Waals surface area contributed by atoms with Gasteiger partial charge >= 0.3 is 0 Å². The second kappa shape index (κ2) is 8.09. The number of aliphatic hydroxyl groups excluding tert-OH is 1. The third-order valence-corrected chi connectivity index (χ3v) is 5.68. The lowest BCUT2D eigenvalue weighted by molar-refractivity contribution is -0.138.